The lowest BCUT2D eigenvalue weighted by molar-refractivity contribution is 0.142. The number of benzene rings is 1. The molecule has 0 atom stereocenters. The molecule has 1 aromatic rings. The quantitative estimate of drug-likeness (QED) is 0.617. The van der Waals surface area contributed by atoms with Gasteiger partial charge in [-0.15, -0.1) is 0 Å². The maximum absolute atomic E-state index is 13.1. The molecule has 0 amide bonds. The van der Waals surface area contributed by atoms with Crippen molar-refractivity contribution in [2.75, 3.05) is 20.3 Å². The fourth-order valence-electron chi connectivity index (χ4n) is 0.868. The van der Waals surface area contributed by atoms with E-state index in [9.17, 15) is 8.78 Å². The molecular formula is C9H9BrF2O2. The third kappa shape index (κ3) is 2.65. The number of hydrogen-bond acceptors (Lipinski definition) is 2. The van der Waals surface area contributed by atoms with E-state index in [1.54, 1.807) is 0 Å². The van der Waals surface area contributed by atoms with Crippen LogP contribution < -0.4 is 4.74 Å². The van der Waals surface area contributed by atoms with Crippen LogP contribution in [0.5, 0.6) is 5.75 Å². The van der Waals surface area contributed by atoms with Crippen LogP contribution in [0.4, 0.5) is 8.78 Å². The average Bonchev–Trinajstić information content (AvgIpc) is 2.18. The van der Waals surface area contributed by atoms with E-state index in [0.717, 1.165) is 6.07 Å². The number of rotatable bonds is 4. The number of halogens is 3. The minimum atomic E-state index is -0.990. The van der Waals surface area contributed by atoms with Crippen molar-refractivity contribution in [1.82, 2.24) is 0 Å². The summed E-state index contributed by atoms with van der Waals surface area (Å²) >= 11 is 3.06. The van der Waals surface area contributed by atoms with Crippen LogP contribution in [0, 0.1) is 11.6 Å². The molecule has 0 saturated carbocycles. The molecule has 0 bridgehead atoms. The largest absolute Gasteiger partial charge is 0.487 e. The van der Waals surface area contributed by atoms with E-state index < -0.39 is 11.6 Å². The van der Waals surface area contributed by atoms with Crippen molar-refractivity contribution < 1.29 is 18.3 Å². The Morgan fingerprint density at radius 1 is 1.29 bits per heavy atom. The van der Waals surface area contributed by atoms with Crippen LogP contribution in [0.3, 0.4) is 0 Å². The summed E-state index contributed by atoms with van der Waals surface area (Å²) in [5, 5.41) is 0. The first kappa shape index (κ1) is 11.4. The molecule has 0 N–H and O–H groups in total. The molecule has 0 fully saturated rings. The van der Waals surface area contributed by atoms with Gasteiger partial charge in [0.25, 0.3) is 0 Å². The number of ether oxygens (including phenoxy) is 2. The maximum Gasteiger partial charge on any atom is 0.201 e. The summed E-state index contributed by atoms with van der Waals surface area (Å²) in [7, 11) is 1.50. The highest BCUT2D eigenvalue weighted by molar-refractivity contribution is 9.10. The average molecular weight is 267 g/mol. The van der Waals surface area contributed by atoms with Crippen molar-refractivity contribution in [2.24, 2.45) is 0 Å². The number of hydrogen-bond donors (Lipinski definition) is 0. The molecule has 0 aliphatic rings. The Morgan fingerprint density at radius 3 is 2.64 bits per heavy atom. The van der Waals surface area contributed by atoms with E-state index in [4.69, 9.17) is 9.47 Å². The van der Waals surface area contributed by atoms with Gasteiger partial charge in [-0.1, -0.05) is 0 Å². The van der Waals surface area contributed by atoms with Crippen molar-refractivity contribution in [3.8, 4) is 5.75 Å². The Bertz CT molecular complexity index is 318. The summed E-state index contributed by atoms with van der Waals surface area (Å²) in [4.78, 5) is 0. The van der Waals surface area contributed by atoms with Crippen LogP contribution in [0.15, 0.2) is 16.6 Å². The van der Waals surface area contributed by atoms with Crippen molar-refractivity contribution in [3.63, 3.8) is 0 Å². The lowest BCUT2D eigenvalue weighted by Crippen LogP contribution is -2.06. The molecule has 0 spiro atoms. The van der Waals surface area contributed by atoms with Gasteiger partial charge in [0, 0.05) is 7.11 Å². The summed E-state index contributed by atoms with van der Waals surface area (Å²) in [6.45, 7) is 0.498. The summed E-state index contributed by atoms with van der Waals surface area (Å²) in [6.07, 6.45) is 0. The smallest absolute Gasteiger partial charge is 0.201 e. The molecule has 14 heavy (non-hydrogen) atoms. The molecule has 0 unspecified atom stereocenters. The third-order valence-corrected chi connectivity index (χ3v) is 2.16. The zero-order valence-electron chi connectivity index (χ0n) is 7.52. The first-order chi connectivity index (χ1) is 6.66. The highest BCUT2D eigenvalue weighted by Crippen LogP contribution is 2.29. The van der Waals surface area contributed by atoms with Crippen molar-refractivity contribution in [2.45, 2.75) is 0 Å². The van der Waals surface area contributed by atoms with Crippen LogP contribution in [0.1, 0.15) is 0 Å². The van der Waals surface area contributed by atoms with E-state index in [2.05, 4.69) is 15.9 Å². The van der Waals surface area contributed by atoms with Gasteiger partial charge in [0.1, 0.15) is 6.61 Å². The second-order valence-corrected chi connectivity index (χ2v) is 3.37. The fourth-order valence-corrected chi connectivity index (χ4v) is 1.29. The summed E-state index contributed by atoms with van der Waals surface area (Å²) in [5.74, 6) is -2.04. The molecule has 2 nitrogen and oxygen atoms in total. The lowest BCUT2D eigenvalue weighted by Gasteiger charge is -2.08. The molecule has 78 valence electrons. The molecule has 5 heteroatoms. The normalized spacial score (nSPS) is 10.3. The SMILES string of the molecule is COCCOc1c(Br)ccc(F)c1F. The predicted octanol–water partition coefficient (Wildman–Crippen LogP) is 2.75. The first-order valence-corrected chi connectivity index (χ1v) is 4.71. The highest BCUT2D eigenvalue weighted by Gasteiger charge is 2.12. The fraction of sp³-hybridized carbons (Fsp3) is 0.333. The van der Waals surface area contributed by atoms with Crippen LogP contribution in [0.25, 0.3) is 0 Å². The Labute approximate surface area is 89.0 Å². The van der Waals surface area contributed by atoms with Crippen molar-refractivity contribution in [1.29, 1.82) is 0 Å². The topological polar surface area (TPSA) is 18.5 Å². The van der Waals surface area contributed by atoms with Crippen molar-refractivity contribution >= 4 is 15.9 Å². The molecule has 1 rings (SSSR count). The summed E-state index contributed by atoms with van der Waals surface area (Å²) < 4.78 is 36.0. The van der Waals surface area contributed by atoms with Gasteiger partial charge < -0.3 is 9.47 Å². The zero-order chi connectivity index (χ0) is 10.6. The Hall–Kier alpha value is -0.680. The van der Waals surface area contributed by atoms with Gasteiger partial charge in [0.05, 0.1) is 11.1 Å². The van der Waals surface area contributed by atoms with Gasteiger partial charge >= 0.3 is 0 Å². The Kier molecular flexibility index (Phi) is 4.28. The molecule has 0 aromatic heterocycles. The van der Waals surface area contributed by atoms with Crippen LogP contribution in [0.2, 0.25) is 0 Å². The van der Waals surface area contributed by atoms with Gasteiger partial charge in [0.15, 0.2) is 11.6 Å². The Balaban J connectivity index is 2.79. The molecule has 0 heterocycles. The minimum Gasteiger partial charge on any atom is -0.487 e. The summed E-state index contributed by atoms with van der Waals surface area (Å²) in [5.41, 5.74) is 0. The molecule has 0 saturated heterocycles. The van der Waals surface area contributed by atoms with Gasteiger partial charge in [0.2, 0.25) is 5.82 Å². The van der Waals surface area contributed by atoms with Gasteiger partial charge in [-0.05, 0) is 28.1 Å². The van der Waals surface area contributed by atoms with Gasteiger partial charge in [-0.3, -0.25) is 0 Å². The first-order valence-electron chi connectivity index (χ1n) is 3.92. The van der Waals surface area contributed by atoms with E-state index in [1.165, 1.54) is 13.2 Å². The second-order valence-electron chi connectivity index (χ2n) is 2.51. The highest BCUT2D eigenvalue weighted by atomic mass is 79.9. The van der Waals surface area contributed by atoms with Crippen molar-refractivity contribution in [3.05, 3.63) is 28.2 Å². The van der Waals surface area contributed by atoms with E-state index in [1.807, 2.05) is 0 Å². The monoisotopic (exact) mass is 266 g/mol. The van der Waals surface area contributed by atoms with Gasteiger partial charge in [-0.25, -0.2) is 4.39 Å². The van der Waals surface area contributed by atoms with E-state index in [0.29, 0.717) is 11.1 Å². The van der Waals surface area contributed by atoms with Crippen LogP contribution >= 0.6 is 15.9 Å². The number of methoxy groups -OCH3 is 1. The predicted molar refractivity (Wildman–Crippen MR) is 51.4 cm³/mol. The Morgan fingerprint density at radius 2 is 2.00 bits per heavy atom. The van der Waals surface area contributed by atoms with Crippen LogP contribution in [-0.4, -0.2) is 20.3 Å². The standard InChI is InChI=1S/C9H9BrF2O2/c1-13-4-5-14-9-6(10)2-3-7(11)8(9)12/h2-3H,4-5H2,1H3. The van der Waals surface area contributed by atoms with E-state index in [-0.39, 0.29) is 12.4 Å². The molecule has 0 aliphatic heterocycles. The molecule has 1 aromatic carbocycles. The van der Waals surface area contributed by atoms with E-state index >= 15 is 0 Å². The van der Waals surface area contributed by atoms with Crippen LogP contribution in [-0.2, 0) is 4.74 Å². The lowest BCUT2D eigenvalue weighted by atomic mass is 10.3. The zero-order valence-corrected chi connectivity index (χ0v) is 9.11. The maximum atomic E-state index is 13.1. The minimum absolute atomic E-state index is 0.123. The third-order valence-electron chi connectivity index (χ3n) is 1.54. The second kappa shape index (κ2) is 5.26. The molecule has 0 radical (unpaired) electrons. The molecule has 0 aliphatic carbocycles. The summed E-state index contributed by atoms with van der Waals surface area (Å²) in [6, 6.07) is 2.42. The molecular weight excluding hydrogens is 258 g/mol. The van der Waals surface area contributed by atoms with Gasteiger partial charge in [-0.2, -0.15) is 4.39 Å².